The number of nitrogens with one attached hydrogen (secondary N) is 1. The number of hydrogen-bond donors (Lipinski definition) is 2. The summed E-state index contributed by atoms with van der Waals surface area (Å²) in [4.78, 5) is 23.3. The molecule has 1 aromatic rings. The molecular formula is C16H26N2O5S2. The summed E-state index contributed by atoms with van der Waals surface area (Å²) in [7, 11) is -3.81. The number of carbonyl (C=O) groups excluding carboxylic acids is 1. The van der Waals surface area contributed by atoms with Crippen LogP contribution in [0.4, 0.5) is 0 Å². The number of rotatable bonds is 11. The fourth-order valence-electron chi connectivity index (χ4n) is 2.21. The molecular weight excluding hydrogens is 364 g/mol. The van der Waals surface area contributed by atoms with Crippen molar-refractivity contribution < 1.29 is 23.1 Å². The summed E-state index contributed by atoms with van der Waals surface area (Å²) in [6.07, 6.45) is 1.54. The molecule has 9 heteroatoms. The highest BCUT2D eigenvalue weighted by molar-refractivity contribution is 7.91. The summed E-state index contributed by atoms with van der Waals surface area (Å²) < 4.78 is 26.3. The van der Waals surface area contributed by atoms with Crippen LogP contribution in [-0.2, 0) is 26.0 Å². The van der Waals surface area contributed by atoms with Crippen molar-refractivity contribution in [1.29, 1.82) is 0 Å². The molecule has 0 unspecified atom stereocenters. The minimum Gasteiger partial charge on any atom is -0.480 e. The Morgan fingerprint density at radius 1 is 1.32 bits per heavy atom. The van der Waals surface area contributed by atoms with Crippen molar-refractivity contribution in [3.63, 3.8) is 0 Å². The Hall–Kier alpha value is -1.45. The SMILES string of the molecule is CCCN(CC(=O)O)S(=O)(=O)c1ccc(CCNC(=O)CC(C)C)s1. The smallest absolute Gasteiger partial charge is 0.318 e. The molecule has 7 nitrogen and oxygen atoms in total. The van der Waals surface area contributed by atoms with Gasteiger partial charge in [-0.25, -0.2) is 8.42 Å². The van der Waals surface area contributed by atoms with E-state index in [1.165, 1.54) is 6.07 Å². The first-order valence-electron chi connectivity index (χ1n) is 8.24. The van der Waals surface area contributed by atoms with E-state index in [0.717, 1.165) is 20.5 Å². The van der Waals surface area contributed by atoms with Crippen LogP contribution < -0.4 is 5.32 Å². The summed E-state index contributed by atoms with van der Waals surface area (Å²) in [5, 5.41) is 11.7. The van der Waals surface area contributed by atoms with Gasteiger partial charge in [0.25, 0.3) is 10.0 Å². The molecule has 142 valence electrons. The third kappa shape index (κ3) is 7.13. The van der Waals surface area contributed by atoms with Gasteiger partial charge in [-0.05, 0) is 30.9 Å². The second-order valence-electron chi connectivity index (χ2n) is 6.15. The maximum absolute atomic E-state index is 12.6. The maximum atomic E-state index is 12.6. The fraction of sp³-hybridized carbons (Fsp3) is 0.625. The molecule has 1 heterocycles. The zero-order chi connectivity index (χ0) is 19.0. The van der Waals surface area contributed by atoms with E-state index in [9.17, 15) is 18.0 Å². The van der Waals surface area contributed by atoms with Crippen LogP contribution in [0.15, 0.2) is 16.3 Å². The first-order chi connectivity index (χ1) is 11.7. The number of nitrogens with zero attached hydrogens (tertiary/aromatic N) is 1. The molecule has 0 aliphatic rings. The third-order valence-corrected chi connectivity index (χ3v) is 6.76. The third-order valence-electron chi connectivity index (χ3n) is 3.30. The number of carboxylic acid groups (broad SMARTS) is 1. The summed E-state index contributed by atoms with van der Waals surface area (Å²) in [5.41, 5.74) is 0. The van der Waals surface area contributed by atoms with E-state index >= 15 is 0 Å². The number of hydrogen-bond acceptors (Lipinski definition) is 5. The van der Waals surface area contributed by atoms with Crippen molar-refractivity contribution in [1.82, 2.24) is 9.62 Å². The Balaban J connectivity index is 2.71. The van der Waals surface area contributed by atoms with Crippen molar-refractivity contribution in [3.8, 4) is 0 Å². The fourth-order valence-corrected chi connectivity index (χ4v) is 5.20. The summed E-state index contributed by atoms with van der Waals surface area (Å²) >= 11 is 1.11. The topological polar surface area (TPSA) is 104 Å². The Labute approximate surface area is 153 Å². The Morgan fingerprint density at radius 2 is 2.00 bits per heavy atom. The average molecular weight is 391 g/mol. The van der Waals surface area contributed by atoms with Gasteiger partial charge in [0.1, 0.15) is 10.8 Å². The molecule has 2 N–H and O–H groups in total. The number of carboxylic acids is 1. The molecule has 0 aliphatic carbocycles. The second-order valence-corrected chi connectivity index (χ2v) is 9.48. The highest BCUT2D eigenvalue weighted by Gasteiger charge is 2.27. The molecule has 0 spiro atoms. The van der Waals surface area contributed by atoms with Crippen molar-refractivity contribution in [2.45, 2.75) is 44.2 Å². The van der Waals surface area contributed by atoms with Gasteiger partial charge in [-0.2, -0.15) is 4.31 Å². The summed E-state index contributed by atoms with van der Waals surface area (Å²) in [6, 6.07) is 3.20. The second kappa shape index (κ2) is 9.88. The maximum Gasteiger partial charge on any atom is 0.318 e. The van der Waals surface area contributed by atoms with Crippen LogP contribution in [0, 0.1) is 5.92 Å². The largest absolute Gasteiger partial charge is 0.480 e. The van der Waals surface area contributed by atoms with Crippen molar-refractivity contribution in [2.75, 3.05) is 19.6 Å². The van der Waals surface area contributed by atoms with E-state index in [1.54, 1.807) is 13.0 Å². The van der Waals surface area contributed by atoms with Crippen molar-refractivity contribution in [2.24, 2.45) is 5.92 Å². The standard InChI is InChI=1S/C16H26N2O5S2/c1-4-9-18(11-15(20)21)25(22,23)16-6-5-13(24-16)7-8-17-14(19)10-12(2)3/h5-6,12H,4,7-11H2,1-3H3,(H,17,19)(H,20,21). The number of sulfonamides is 1. The van der Waals surface area contributed by atoms with Crippen molar-refractivity contribution in [3.05, 3.63) is 17.0 Å². The predicted octanol–water partition coefficient (Wildman–Crippen LogP) is 1.94. The van der Waals surface area contributed by atoms with Gasteiger partial charge >= 0.3 is 5.97 Å². The number of carbonyl (C=O) groups is 2. The average Bonchev–Trinajstić information content (AvgIpc) is 2.95. The lowest BCUT2D eigenvalue weighted by Crippen LogP contribution is -2.35. The van der Waals surface area contributed by atoms with E-state index < -0.39 is 22.5 Å². The van der Waals surface area contributed by atoms with Crippen LogP contribution in [0.25, 0.3) is 0 Å². The van der Waals surface area contributed by atoms with E-state index in [-0.39, 0.29) is 22.6 Å². The highest BCUT2D eigenvalue weighted by atomic mass is 32.2. The molecule has 0 saturated carbocycles. The van der Waals surface area contributed by atoms with E-state index in [4.69, 9.17) is 5.11 Å². The molecule has 1 aromatic heterocycles. The zero-order valence-electron chi connectivity index (χ0n) is 14.8. The molecule has 0 radical (unpaired) electrons. The van der Waals surface area contributed by atoms with Crippen LogP contribution in [0.1, 0.15) is 38.5 Å². The van der Waals surface area contributed by atoms with Crippen LogP contribution >= 0.6 is 11.3 Å². The minimum absolute atomic E-state index is 0.0185. The van der Waals surface area contributed by atoms with Gasteiger partial charge in [0.2, 0.25) is 5.91 Å². The zero-order valence-corrected chi connectivity index (χ0v) is 16.5. The molecule has 25 heavy (non-hydrogen) atoms. The van der Waals surface area contributed by atoms with Gasteiger partial charge < -0.3 is 10.4 Å². The van der Waals surface area contributed by atoms with Gasteiger partial charge in [0.15, 0.2) is 0 Å². The van der Waals surface area contributed by atoms with Gasteiger partial charge in [-0.3, -0.25) is 9.59 Å². The molecule has 0 saturated heterocycles. The Kier molecular flexibility index (Phi) is 8.54. The number of aliphatic carboxylic acids is 1. The van der Waals surface area contributed by atoms with Gasteiger partial charge in [-0.15, -0.1) is 11.3 Å². The first-order valence-corrected chi connectivity index (χ1v) is 10.5. The molecule has 1 rings (SSSR count). The minimum atomic E-state index is -3.81. The monoisotopic (exact) mass is 390 g/mol. The van der Waals surface area contributed by atoms with Gasteiger partial charge in [-0.1, -0.05) is 20.8 Å². The lowest BCUT2D eigenvalue weighted by molar-refractivity contribution is -0.137. The molecule has 0 aromatic carbocycles. The Bertz CT molecular complexity index is 682. The normalized spacial score (nSPS) is 11.9. The van der Waals surface area contributed by atoms with E-state index in [1.807, 2.05) is 13.8 Å². The molecule has 0 atom stereocenters. The molecule has 1 amide bonds. The van der Waals surface area contributed by atoms with Crippen LogP contribution in [0.2, 0.25) is 0 Å². The lowest BCUT2D eigenvalue weighted by atomic mass is 10.1. The van der Waals surface area contributed by atoms with Gasteiger partial charge in [0.05, 0.1) is 0 Å². The molecule has 0 bridgehead atoms. The first kappa shape index (κ1) is 21.6. The summed E-state index contributed by atoms with van der Waals surface area (Å²) in [6.45, 7) is 5.79. The number of amides is 1. The van der Waals surface area contributed by atoms with Gasteiger partial charge in [0, 0.05) is 24.4 Å². The quantitative estimate of drug-likeness (QED) is 0.601. The van der Waals surface area contributed by atoms with Crippen LogP contribution in [-0.4, -0.2) is 49.3 Å². The lowest BCUT2D eigenvalue weighted by Gasteiger charge is -2.18. The highest BCUT2D eigenvalue weighted by Crippen LogP contribution is 2.25. The van der Waals surface area contributed by atoms with E-state index in [2.05, 4.69) is 5.32 Å². The number of thiophene rings is 1. The molecule has 0 aliphatic heterocycles. The molecule has 0 fully saturated rings. The Morgan fingerprint density at radius 3 is 2.56 bits per heavy atom. The van der Waals surface area contributed by atoms with Crippen molar-refractivity contribution >= 4 is 33.2 Å². The summed E-state index contributed by atoms with van der Waals surface area (Å²) in [5.74, 6) is -0.908. The van der Waals surface area contributed by atoms with E-state index in [0.29, 0.717) is 25.8 Å². The predicted molar refractivity (Wildman–Crippen MR) is 97.2 cm³/mol. The van der Waals surface area contributed by atoms with Crippen LogP contribution in [0.3, 0.4) is 0 Å². The van der Waals surface area contributed by atoms with Crippen LogP contribution in [0.5, 0.6) is 0 Å².